The number of fused-ring (bicyclic) bond motifs is 1. The van der Waals surface area contributed by atoms with Crippen LogP contribution in [0.25, 0.3) is 6.08 Å². The van der Waals surface area contributed by atoms with Gasteiger partial charge in [-0.05, 0) is 38.6 Å². The summed E-state index contributed by atoms with van der Waals surface area (Å²) < 4.78 is 49.0. The highest BCUT2D eigenvalue weighted by atomic mass is 19.4. The molecular formula is C17H25F3N3O7+. The first-order chi connectivity index (χ1) is 14.0. The number of carboxylic acid groups (broad SMARTS) is 1. The van der Waals surface area contributed by atoms with E-state index in [4.69, 9.17) is 20.9 Å². The van der Waals surface area contributed by atoms with Crippen LogP contribution in [0.15, 0.2) is 17.7 Å². The third kappa shape index (κ3) is 8.34. The van der Waals surface area contributed by atoms with E-state index in [0.717, 1.165) is 11.6 Å². The first-order valence-corrected chi connectivity index (χ1v) is 8.24. The van der Waals surface area contributed by atoms with Gasteiger partial charge >= 0.3 is 18.1 Å². The molecule has 0 aliphatic carbocycles. The van der Waals surface area contributed by atoms with E-state index in [1.165, 1.54) is 0 Å². The van der Waals surface area contributed by atoms with Crippen LogP contribution < -0.4 is 21.8 Å². The maximum absolute atomic E-state index is 13.1. The summed E-state index contributed by atoms with van der Waals surface area (Å²) in [6, 6.07) is 3.33. The van der Waals surface area contributed by atoms with Crippen molar-refractivity contribution in [2.45, 2.75) is 26.1 Å². The minimum atomic E-state index is -4.76. The highest BCUT2D eigenvalue weighted by Crippen LogP contribution is 2.39. The second-order valence-electron chi connectivity index (χ2n) is 5.78. The zero-order chi connectivity index (χ0) is 23.5. The molecule has 0 aromatic heterocycles. The topological polar surface area (TPSA) is 168 Å². The molecule has 0 radical (unpaired) electrons. The lowest BCUT2D eigenvalue weighted by Crippen LogP contribution is -2.42. The molecule has 8 N–H and O–H groups in total. The number of alkyl halides is 3. The lowest BCUT2D eigenvalue weighted by Gasteiger charge is -2.29. The van der Waals surface area contributed by atoms with Crippen LogP contribution in [0.2, 0.25) is 0 Å². The summed E-state index contributed by atoms with van der Waals surface area (Å²) >= 11 is 0. The number of likely N-dealkylation sites (N-methyl/N-ethyl adjacent to an activating group) is 1. The molecule has 1 atom stereocenters. The molecule has 0 saturated heterocycles. The number of nitrogens with two attached hydrogens (primary N) is 1. The van der Waals surface area contributed by atoms with Gasteiger partial charge in [0.1, 0.15) is 5.75 Å². The van der Waals surface area contributed by atoms with Gasteiger partial charge in [0.25, 0.3) is 0 Å². The molecule has 0 spiro atoms. The molecule has 13 heteroatoms. The van der Waals surface area contributed by atoms with Gasteiger partial charge in [0.15, 0.2) is 0 Å². The fraction of sp³-hybridized carbons (Fsp3) is 0.412. The van der Waals surface area contributed by atoms with Crippen molar-refractivity contribution in [2.75, 3.05) is 20.4 Å². The first-order valence-electron chi connectivity index (χ1n) is 8.24. The zero-order valence-corrected chi connectivity index (χ0v) is 16.6. The molecule has 1 aliphatic heterocycles. The van der Waals surface area contributed by atoms with Crippen LogP contribution >= 0.6 is 0 Å². The quantitative estimate of drug-likeness (QED) is 0.246. The molecule has 170 valence electrons. The van der Waals surface area contributed by atoms with Crippen LogP contribution in [0.3, 0.4) is 0 Å². The Balaban J connectivity index is 0.000000905. The number of carboxylic acids is 1. The van der Waals surface area contributed by atoms with Gasteiger partial charge in [-0.25, -0.2) is 21.8 Å². The zero-order valence-electron chi connectivity index (χ0n) is 16.6. The molecule has 30 heavy (non-hydrogen) atoms. The lowest BCUT2D eigenvalue weighted by molar-refractivity contribution is -0.670. The number of rotatable bonds is 5. The second-order valence-corrected chi connectivity index (χ2v) is 5.78. The standard InChI is InChI=1S/C14H14F3NO4.C3H7NO2.H4NO/c1-7-3-8(2)11-9(4-7)5-10(13(19)20-6-21-18)12(22-11)14(15,16)17;1-4-2-3(5)6;1-2/h3-5,12H,6,18H2,1-2H3;4H,2H2,1H3,(H,5,6);2H,1H3/q;;+1. The molecule has 0 bridgehead atoms. The average Bonchev–Trinajstić information content (AvgIpc) is 2.66. The third-order valence-electron chi connectivity index (χ3n) is 3.40. The highest BCUT2D eigenvalue weighted by Gasteiger charge is 2.49. The summed E-state index contributed by atoms with van der Waals surface area (Å²) in [5.41, 5.74) is 1.12. The molecule has 0 amide bonds. The number of ether oxygens (including phenoxy) is 2. The third-order valence-corrected chi connectivity index (χ3v) is 3.40. The van der Waals surface area contributed by atoms with Crippen LogP contribution in [-0.2, 0) is 19.2 Å². The van der Waals surface area contributed by atoms with E-state index in [9.17, 15) is 22.8 Å². The monoisotopic (exact) mass is 440 g/mol. The predicted octanol–water partition coefficient (Wildman–Crippen LogP) is 0.309. The van der Waals surface area contributed by atoms with Gasteiger partial charge in [0.2, 0.25) is 12.9 Å². The number of halogens is 3. The van der Waals surface area contributed by atoms with Gasteiger partial charge in [-0.3, -0.25) is 9.63 Å². The van der Waals surface area contributed by atoms with Crippen molar-refractivity contribution in [3.05, 3.63) is 34.4 Å². The number of benzene rings is 1. The highest BCUT2D eigenvalue weighted by molar-refractivity contribution is 5.96. The number of quaternary nitrogens is 1. The Morgan fingerprint density at radius 2 is 1.90 bits per heavy atom. The fourth-order valence-electron chi connectivity index (χ4n) is 2.41. The molecule has 1 unspecified atom stereocenters. The SMILES string of the molecule is CNCC(=O)O.Cc1cc(C)c2c(c1)C=C(C(=O)OCON)C(C(F)(F)F)O2.[NH3+]O. The Kier molecular flexibility index (Phi) is 11.6. The lowest BCUT2D eigenvalue weighted by atomic mass is 9.97. The Bertz CT molecular complexity index is 755. The Morgan fingerprint density at radius 1 is 1.30 bits per heavy atom. The Hall–Kier alpha value is -2.71. The minimum Gasteiger partial charge on any atom is -0.480 e. The minimum absolute atomic E-state index is 0.0417. The number of carbonyl (C=O) groups is 2. The van der Waals surface area contributed by atoms with Gasteiger partial charge in [-0.1, -0.05) is 11.6 Å². The molecule has 1 heterocycles. The summed E-state index contributed by atoms with van der Waals surface area (Å²) in [5, 5.41) is 17.1. The van der Waals surface area contributed by atoms with E-state index < -0.39 is 36.6 Å². The van der Waals surface area contributed by atoms with Crippen molar-refractivity contribution in [3.8, 4) is 5.75 Å². The number of aryl methyl sites for hydroxylation is 2. The van der Waals surface area contributed by atoms with Crippen molar-refractivity contribution in [3.63, 3.8) is 0 Å². The second kappa shape index (κ2) is 12.8. The molecule has 0 fully saturated rings. The maximum atomic E-state index is 13.1. The Labute approximate surface area is 170 Å². The molecule has 1 aromatic rings. The summed E-state index contributed by atoms with van der Waals surface area (Å²) in [5.74, 6) is 5.02. The predicted molar refractivity (Wildman–Crippen MR) is 96.8 cm³/mol. The van der Waals surface area contributed by atoms with E-state index in [2.05, 4.69) is 20.8 Å². The van der Waals surface area contributed by atoms with Crippen LogP contribution in [0.1, 0.15) is 16.7 Å². The van der Waals surface area contributed by atoms with Gasteiger partial charge in [0, 0.05) is 5.56 Å². The largest absolute Gasteiger partial charge is 0.480 e. The van der Waals surface area contributed by atoms with Crippen molar-refractivity contribution in [1.29, 1.82) is 0 Å². The number of aliphatic carboxylic acids is 1. The Morgan fingerprint density at radius 3 is 2.33 bits per heavy atom. The van der Waals surface area contributed by atoms with Gasteiger partial charge in [-0.2, -0.15) is 13.2 Å². The number of hydrogen-bond acceptors (Lipinski definition) is 8. The number of nitrogens with one attached hydrogen (secondary N) is 1. The van der Waals surface area contributed by atoms with Crippen LogP contribution in [-0.4, -0.2) is 54.9 Å². The smallest absolute Gasteiger partial charge is 0.430 e. The van der Waals surface area contributed by atoms with Crippen LogP contribution in [0.4, 0.5) is 13.2 Å². The molecule has 1 aromatic carbocycles. The summed E-state index contributed by atoms with van der Waals surface area (Å²) in [4.78, 5) is 25.4. The van der Waals surface area contributed by atoms with Crippen LogP contribution in [0, 0.1) is 13.8 Å². The summed E-state index contributed by atoms with van der Waals surface area (Å²) in [6.07, 6.45) is -6.04. The maximum Gasteiger partial charge on any atom is 0.430 e. The van der Waals surface area contributed by atoms with E-state index in [1.807, 2.05) is 0 Å². The van der Waals surface area contributed by atoms with E-state index in [0.29, 0.717) is 11.1 Å². The fourth-order valence-corrected chi connectivity index (χ4v) is 2.41. The van der Waals surface area contributed by atoms with Crippen molar-refractivity contribution < 1.29 is 53.3 Å². The summed E-state index contributed by atoms with van der Waals surface area (Å²) in [6.45, 7) is 2.82. The van der Waals surface area contributed by atoms with Gasteiger partial charge < -0.3 is 19.9 Å². The van der Waals surface area contributed by atoms with Crippen LogP contribution in [0.5, 0.6) is 5.75 Å². The number of carbonyl (C=O) groups excluding carboxylic acids is 1. The van der Waals surface area contributed by atoms with E-state index >= 15 is 0 Å². The average molecular weight is 440 g/mol. The van der Waals surface area contributed by atoms with E-state index in [-0.39, 0.29) is 12.3 Å². The normalized spacial score (nSPS) is 14.6. The molecule has 0 saturated carbocycles. The van der Waals surface area contributed by atoms with Crippen molar-refractivity contribution >= 4 is 18.0 Å². The summed E-state index contributed by atoms with van der Waals surface area (Å²) in [7, 11) is 1.59. The van der Waals surface area contributed by atoms with Gasteiger partial charge in [-0.15, -0.1) is 0 Å². The van der Waals surface area contributed by atoms with E-state index in [1.54, 1.807) is 33.0 Å². The molecular weight excluding hydrogens is 415 g/mol. The van der Waals surface area contributed by atoms with Crippen molar-refractivity contribution in [1.82, 2.24) is 5.32 Å². The van der Waals surface area contributed by atoms with Crippen molar-refractivity contribution in [2.24, 2.45) is 5.90 Å². The van der Waals surface area contributed by atoms with Gasteiger partial charge in [0.05, 0.1) is 12.1 Å². The molecule has 10 nitrogen and oxygen atoms in total. The number of esters is 1. The number of hydrogen-bond donors (Lipinski definition) is 5. The first kappa shape index (κ1) is 27.3. The molecule has 2 rings (SSSR count). The molecule has 1 aliphatic rings.